The molecule has 1 aliphatic heterocycles. The summed E-state index contributed by atoms with van der Waals surface area (Å²) in [5, 5.41) is 5.81. The Balaban J connectivity index is 1.47. The molecule has 1 saturated heterocycles. The van der Waals surface area contributed by atoms with E-state index >= 15 is 0 Å². The molecule has 0 saturated carbocycles. The molecule has 1 N–H and O–H groups in total. The summed E-state index contributed by atoms with van der Waals surface area (Å²) in [4.78, 5) is 8.19. The molecule has 3 rings (SSSR count). The van der Waals surface area contributed by atoms with Crippen LogP contribution in [0.2, 0.25) is 0 Å². The molecule has 0 amide bonds. The van der Waals surface area contributed by atoms with Gasteiger partial charge in [-0.2, -0.15) is 0 Å². The number of nitrogens with zero attached hydrogens (tertiary/aromatic N) is 2. The minimum atomic E-state index is 0.621. The van der Waals surface area contributed by atoms with Crippen molar-refractivity contribution in [1.29, 1.82) is 0 Å². The summed E-state index contributed by atoms with van der Waals surface area (Å²) in [6.45, 7) is 3.15. The molecule has 0 radical (unpaired) electrons. The third-order valence-electron chi connectivity index (χ3n) is 3.65. The second-order valence-corrected chi connectivity index (χ2v) is 6.97. The van der Waals surface area contributed by atoms with Gasteiger partial charge in [0, 0.05) is 46.6 Å². The Morgan fingerprint density at radius 2 is 2.20 bits per heavy atom. The zero-order valence-corrected chi connectivity index (χ0v) is 13.7. The highest BCUT2D eigenvalue weighted by Crippen LogP contribution is 2.21. The lowest BCUT2D eigenvalue weighted by Crippen LogP contribution is -2.42. The van der Waals surface area contributed by atoms with Crippen LogP contribution in [0.4, 0.5) is 5.82 Å². The Hall–Kier alpha value is -0.910. The summed E-state index contributed by atoms with van der Waals surface area (Å²) in [6, 6.07) is 8.94. The van der Waals surface area contributed by atoms with Gasteiger partial charge in [-0.1, -0.05) is 6.07 Å². The third kappa shape index (κ3) is 3.59. The minimum absolute atomic E-state index is 0.621. The fraction of sp³-hybridized carbons (Fsp3) is 0.400. The predicted molar refractivity (Wildman–Crippen MR) is 88.3 cm³/mol. The average molecular weight is 352 g/mol. The number of hydrogen-bond acceptors (Lipinski definition) is 4. The van der Waals surface area contributed by atoms with Crippen LogP contribution in [0.3, 0.4) is 0 Å². The molecule has 1 aliphatic rings. The molecule has 1 fully saturated rings. The van der Waals surface area contributed by atoms with Gasteiger partial charge in [0.1, 0.15) is 5.82 Å². The van der Waals surface area contributed by atoms with E-state index in [2.05, 4.69) is 54.7 Å². The highest BCUT2D eigenvalue weighted by atomic mass is 79.9. The van der Waals surface area contributed by atoms with E-state index in [1.807, 2.05) is 12.3 Å². The van der Waals surface area contributed by atoms with Gasteiger partial charge in [0.25, 0.3) is 0 Å². The van der Waals surface area contributed by atoms with Crippen LogP contribution in [0.25, 0.3) is 0 Å². The molecule has 3 heterocycles. The van der Waals surface area contributed by atoms with Gasteiger partial charge in [-0.05, 0) is 47.0 Å². The summed E-state index contributed by atoms with van der Waals surface area (Å²) in [5.41, 5.74) is 0. The second kappa shape index (κ2) is 6.70. The van der Waals surface area contributed by atoms with Crippen molar-refractivity contribution < 1.29 is 0 Å². The SMILES string of the molecule is Brc1csc(CNC2CCN(c3ccccn3)CC2)c1. The molecule has 0 atom stereocenters. The monoisotopic (exact) mass is 351 g/mol. The summed E-state index contributed by atoms with van der Waals surface area (Å²) in [6.07, 6.45) is 4.24. The van der Waals surface area contributed by atoms with Crippen molar-refractivity contribution >= 4 is 33.1 Å². The van der Waals surface area contributed by atoms with Gasteiger partial charge >= 0.3 is 0 Å². The fourth-order valence-corrected chi connectivity index (χ4v) is 3.95. The number of nitrogens with one attached hydrogen (secondary N) is 1. The number of halogens is 1. The average Bonchev–Trinajstić information content (AvgIpc) is 2.92. The van der Waals surface area contributed by atoms with E-state index in [9.17, 15) is 0 Å². The molecule has 3 nitrogen and oxygen atoms in total. The van der Waals surface area contributed by atoms with E-state index < -0.39 is 0 Å². The fourth-order valence-electron chi connectivity index (χ4n) is 2.54. The molecular formula is C15H18BrN3S. The van der Waals surface area contributed by atoms with Gasteiger partial charge in [-0.15, -0.1) is 11.3 Å². The normalized spacial score (nSPS) is 16.6. The second-order valence-electron chi connectivity index (χ2n) is 5.06. The maximum Gasteiger partial charge on any atom is 0.128 e. The van der Waals surface area contributed by atoms with Crippen LogP contribution in [0.15, 0.2) is 40.3 Å². The first-order chi connectivity index (χ1) is 9.81. The molecule has 20 heavy (non-hydrogen) atoms. The molecule has 2 aromatic rings. The molecule has 0 aromatic carbocycles. The molecular weight excluding hydrogens is 334 g/mol. The van der Waals surface area contributed by atoms with Crippen molar-refractivity contribution in [2.75, 3.05) is 18.0 Å². The number of pyridine rings is 1. The Morgan fingerprint density at radius 3 is 2.85 bits per heavy atom. The van der Waals surface area contributed by atoms with Crippen molar-refractivity contribution in [2.24, 2.45) is 0 Å². The zero-order valence-electron chi connectivity index (χ0n) is 11.3. The Morgan fingerprint density at radius 1 is 1.35 bits per heavy atom. The van der Waals surface area contributed by atoms with E-state index in [1.165, 1.54) is 22.2 Å². The van der Waals surface area contributed by atoms with Crippen molar-refractivity contribution in [2.45, 2.75) is 25.4 Å². The van der Waals surface area contributed by atoms with Crippen LogP contribution >= 0.6 is 27.3 Å². The molecule has 0 spiro atoms. The third-order valence-corrected chi connectivity index (χ3v) is 5.35. The number of hydrogen-bond donors (Lipinski definition) is 1. The van der Waals surface area contributed by atoms with Gasteiger partial charge < -0.3 is 10.2 Å². The summed E-state index contributed by atoms with van der Waals surface area (Å²) in [7, 11) is 0. The Kier molecular flexibility index (Phi) is 4.70. The van der Waals surface area contributed by atoms with Gasteiger partial charge in [-0.3, -0.25) is 0 Å². The van der Waals surface area contributed by atoms with Crippen molar-refractivity contribution in [1.82, 2.24) is 10.3 Å². The smallest absolute Gasteiger partial charge is 0.128 e. The summed E-state index contributed by atoms with van der Waals surface area (Å²) in [5.74, 6) is 1.10. The Labute approximate surface area is 132 Å². The molecule has 0 bridgehead atoms. The van der Waals surface area contributed by atoms with Gasteiger partial charge in [-0.25, -0.2) is 4.98 Å². The number of thiophene rings is 1. The molecule has 0 aliphatic carbocycles. The minimum Gasteiger partial charge on any atom is -0.357 e. The van der Waals surface area contributed by atoms with Crippen LogP contribution in [0.5, 0.6) is 0 Å². The maximum atomic E-state index is 4.43. The van der Waals surface area contributed by atoms with Crippen LogP contribution in [0, 0.1) is 0 Å². The molecule has 106 valence electrons. The maximum absolute atomic E-state index is 4.43. The largest absolute Gasteiger partial charge is 0.357 e. The van der Waals surface area contributed by atoms with Crippen LogP contribution < -0.4 is 10.2 Å². The lowest BCUT2D eigenvalue weighted by atomic mass is 10.1. The standard InChI is InChI=1S/C15H18BrN3S/c16-12-9-14(20-11-12)10-18-13-4-7-19(8-5-13)15-3-1-2-6-17-15/h1-3,6,9,11,13,18H,4-5,7-8,10H2. The quantitative estimate of drug-likeness (QED) is 0.910. The number of anilines is 1. The summed E-state index contributed by atoms with van der Waals surface area (Å²) < 4.78 is 1.18. The highest BCUT2D eigenvalue weighted by molar-refractivity contribution is 9.10. The van der Waals surface area contributed by atoms with Gasteiger partial charge in [0.05, 0.1) is 0 Å². The van der Waals surface area contributed by atoms with E-state index in [0.29, 0.717) is 6.04 Å². The number of piperidine rings is 1. The molecule has 5 heteroatoms. The van der Waals surface area contributed by atoms with Crippen LogP contribution in [-0.2, 0) is 6.54 Å². The highest BCUT2D eigenvalue weighted by Gasteiger charge is 2.19. The predicted octanol–water partition coefficient (Wildman–Crippen LogP) is 3.66. The van der Waals surface area contributed by atoms with Crippen molar-refractivity contribution in [3.63, 3.8) is 0 Å². The molecule has 2 aromatic heterocycles. The number of rotatable bonds is 4. The Bertz CT molecular complexity index is 535. The van der Waals surface area contributed by atoms with Crippen LogP contribution in [-0.4, -0.2) is 24.1 Å². The zero-order chi connectivity index (χ0) is 13.8. The van der Waals surface area contributed by atoms with Crippen molar-refractivity contribution in [3.8, 4) is 0 Å². The van der Waals surface area contributed by atoms with E-state index in [1.54, 1.807) is 11.3 Å². The lowest BCUT2D eigenvalue weighted by Gasteiger charge is -2.33. The van der Waals surface area contributed by atoms with Crippen molar-refractivity contribution in [3.05, 3.63) is 45.2 Å². The van der Waals surface area contributed by atoms with Gasteiger partial charge in [0.2, 0.25) is 0 Å². The first-order valence-electron chi connectivity index (χ1n) is 6.93. The van der Waals surface area contributed by atoms with Gasteiger partial charge in [0.15, 0.2) is 0 Å². The van der Waals surface area contributed by atoms with E-state index in [0.717, 1.165) is 25.5 Å². The first-order valence-corrected chi connectivity index (χ1v) is 8.61. The lowest BCUT2D eigenvalue weighted by molar-refractivity contribution is 0.414. The first kappa shape index (κ1) is 14.0. The number of aromatic nitrogens is 1. The summed E-state index contributed by atoms with van der Waals surface area (Å²) >= 11 is 5.31. The topological polar surface area (TPSA) is 28.2 Å². The van der Waals surface area contributed by atoms with Crippen LogP contribution in [0.1, 0.15) is 17.7 Å². The van der Waals surface area contributed by atoms with E-state index in [4.69, 9.17) is 0 Å². The van der Waals surface area contributed by atoms with E-state index in [-0.39, 0.29) is 0 Å². The molecule has 0 unspecified atom stereocenters.